The quantitative estimate of drug-likeness (QED) is 0.547. The normalized spacial score (nSPS) is 12.1. The van der Waals surface area contributed by atoms with E-state index in [9.17, 15) is 0 Å². The molecule has 1 atom stereocenters. The molecule has 3 aromatic carbocycles. The number of hydrogen-bond acceptors (Lipinski definition) is 1. The molecule has 0 bridgehead atoms. The first-order chi connectivity index (χ1) is 13.2. The SMILES string of the molecule is CC(C)Oc1ccc([C@H](CC[NH2+]Cc2ccccc2)c2ccccc2)cc1. The molecule has 0 fully saturated rings. The first-order valence-electron chi connectivity index (χ1n) is 9.89. The molecular weight excluding hydrogens is 330 g/mol. The summed E-state index contributed by atoms with van der Waals surface area (Å²) in [6.45, 7) is 6.24. The van der Waals surface area contributed by atoms with Gasteiger partial charge in [0.1, 0.15) is 12.3 Å². The molecule has 0 saturated carbocycles. The van der Waals surface area contributed by atoms with E-state index in [-0.39, 0.29) is 6.10 Å². The molecule has 2 heteroatoms. The van der Waals surface area contributed by atoms with Gasteiger partial charge in [0, 0.05) is 17.9 Å². The van der Waals surface area contributed by atoms with Crippen LogP contribution in [-0.4, -0.2) is 12.6 Å². The van der Waals surface area contributed by atoms with Gasteiger partial charge >= 0.3 is 0 Å². The number of hydrogen-bond donors (Lipinski definition) is 1. The van der Waals surface area contributed by atoms with E-state index >= 15 is 0 Å². The highest BCUT2D eigenvalue weighted by atomic mass is 16.5. The second-order valence-electron chi connectivity index (χ2n) is 7.25. The number of quaternary nitrogens is 1. The van der Waals surface area contributed by atoms with Crippen molar-refractivity contribution in [2.75, 3.05) is 6.54 Å². The van der Waals surface area contributed by atoms with E-state index in [1.807, 2.05) is 0 Å². The van der Waals surface area contributed by atoms with Gasteiger partial charge in [0.15, 0.2) is 0 Å². The number of ether oxygens (including phenoxy) is 1. The summed E-state index contributed by atoms with van der Waals surface area (Å²) in [6, 6.07) is 30.1. The van der Waals surface area contributed by atoms with E-state index in [1.54, 1.807) is 0 Å². The largest absolute Gasteiger partial charge is 0.491 e. The van der Waals surface area contributed by atoms with Crippen molar-refractivity contribution < 1.29 is 10.1 Å². The highest BCUT2D eigenvalue weighted by Crippen LogP contribution is 2.29. The summed E-state index contributed by atoms with van der Waals surface area (Å²) < 4.78 is 5.80. The molecule has 0 spiro atoms. The third-order valence-corrected chi connectivity index (χ3v) is 4.74. The molecule has 0 aliphatic rings. The highest BCUT2D eigenvalue weighted by molar-refractivity contribution is 5.36. The molecule has 3 rings (SSSR count). The van der Waals surface area contributed by atoms with Crippen LogP contribution in [0.3, 0.4) is 0 Å². The second-order valence-corrected chi connectivity index (χ2v) is 7.25. The molecular formula is C25H30NO+. The number of benzene rings is 3. The Kier molecular flexibility index (Phi) is 7.06. The molecule has 27 heavy (non-hydrogen) atoms. The fourth-order valence-electron chi connectivity index (χ4n) is 3.43. The Bertz CT molecular complexity index is 782. The van der Waals surface area contributed by atoms with E-state index in [1.165, 1.54) is 16.7 Å². The topological polar surface area (TPSA) is 25.8 Å². The van der Waals surface area contributed by atoms with Crippen LogP contribution in [0.25, 0.3) is 0 Å². The zero-order valence-electron chi connectivity index (χ0n) is 16.3. The summed E-state index contributed by atoms with van der Waals surface area (Å²) in [7, 11) is 0. The number of nitrogens with two attached hydrogens (primary N) is 1. The van der Waals surface area contributed by atoms with Crippen LogP contribution < -0.4 is 10.1 Å². The second kappa shape index (κ2) is 9.94. The zero-order valence-corrected chi connectivity index (χ0v) is 16.3. The third kappa shape index (κ3) is 5.97. The van der Waals surface area contributed by atoms with Gasteiger partial charge < -0.3 is 10.1 Å². The first kappa shape index (κ1) is 19.2. The molecule has 0 radical (unpaired) electrons. The summed E-state index contributed by atoms with van der Waals surface area (Å²) in [5, 5.41) is 2.40. The van der Waals surface area contributed by atoms with Gasteiger partial charge in [-0.3, -0.25) is 0 Å². The molecule has 0 unspecified atom stereocenters. The van der Waals surface area contributed by atoms with Gasteiger partial charge in [-0.05, 0) is 37.1 Å². The maximum Gasteiger partial charge on any atom is 0.119 e. The average Bonchev–Trinajstić information content (AvgIpc) is 2.70. The van der Waals surface area contributed by atoms with Crippen molar-refractivity contribution in [2.24, 2.45) is 0 Å². The van der Waals surface area contributed by atoms with E-state index < -0.39 is 0 Å². The Morgan fingerprint density at radius 2 is 1.33 bits per heavy atom. The molecule has 0 amide bonds. The van der Waals surface area contributed by atoms with Gasteiger partial charge in [0.2, 0.25) is 0 Å². The predicted molar refractivity (Wildman–Crippen MR) is 112 cm³/mol. The molecule has 0 saturated heterocycles. The van der Waals surface area contributed by atoms with Crippen molar-refractivity contribution in [2.45, 2.75) is 38.8 Å². The maximum atomic E-state index is 5.80. The fraction of sp³-hybridized carbons (Fsp3) is 0.280. The van der Waals surface area contributed by atoms with Crippen LogP contribution >= 0.6 is 0 Å². The molecule has 2 nitrogen and oxygen atoms in total. The lowest BCUT2D eigenvalue weighted by Crippen LogP contribution is -2.82. The van der Waals surface area contributed by atoms with E-state index in [4.69, 9.17) is 4.74 Å². The van der Waals surface area contributed by atoms with Crippen LogP contribution in [0.4, 0.5) is 0 Å². The minimum Gasteiger partial charge on any atom is -0.491 e. The average molecular weight is 361 g/mol. The molecule has 3 aromatic rings. The Hall–Kier alpha value is -2.58. The van der Waals surface area contributed by atoms with Gasteiger partial charge in [0.25, 0.3) is 0 Å². The highest BCUT2D eigenvalue weighted by Gasteiger charge is 2.15. The molecule has 2 N–H and O–H groups in total. The lowest BCUT2D eigenvalue weighted by atomic mass is 9.88. The maximum absolute atomic E-state index is 5.80. The lowest BCUT2D eigenvalue weighted by molar-refractivity contribution is -0.671. The Morgan fingerprint density at radius 3 is 1.96 bits per heavy atom. The number of rotatable bonds is 9. The summed E-state index contributed by atoms with van der Waals surface area (Å²) in [6.07, 6.45) is 1.31. The van der Waals surface area contributed by atoms with Gasteiger partial charge in [-0.25, -0.2) is 0 Å². The monoisotopic (exact) mass is 360 g/mol. The smallest absolute Gasteiger partial charge is 0.119 e. The molecule has 140 valence electrons. The van der Waals surface area contributed by atoms with Crippen molar-refractivity contribution in [3.63, 3.8) is 0 Å². The lowest BCUT2D eigenvalue weighted by Gasteiger charge is -2.18. The van der Waals surface area contributed by atoms with Crippen LogP contribution in [0, 0.1) is 0 Å². The van der Waals surface area contributed by atoms with E-state index in [2.05, 4.69) is 104 Å². The van der Waals surface area contributed by atoms with E-state index in [0.29, 0.717) is 5.92 Å². The zero-order chi connectivity index (χ0) is 18.9. The third-order valence-electron chi connectivity index (χ3n) is 4.74. The van der Waals surface area contributed by atoms with Crippen LogP contribution in [0.2, 0.25) is 0 Å². The van der Waals surface area contributed by atoms with Crippen LogP contribution in [-0.2, 0) is 6.54 Å². The summed E-state index contributed by atoms with van der Waals surface area (Å²) in [5.41, 5.74) is 4.11. The van der Waals surface area contributed by atoms with Crippen LogP contribution in [0.1, 0.15) is 42.9 Å². The molecule has 0 aliphatic carbocycles. The Balaban J connectivity index is 1.66. The van der Waals surface area contributed by atoms with E-state index in [0.717, 1.165) is 25.3 Å². The first-order valence-corrected chi connectivity index (χ1v) is 9.89. The van der Waals surface area contributed by atoms with Crippen molar-refractivity contribution >= 4 is 0 Å². The summed E-state index contributed by atoms with van der Waals surface area (Å²) in [4.78, 5) is 0. The van der Waals surface area contributed by atoms with Crippen LogP contribution in [0.15, 0.2) is 84.9 Å². The minimum atomic E-state index is 0.202. The minimum absolute atomic E-state index is 0.202. The van der Waals surface area contributed by atoms with Crippen LogP contribution in [0.5, 0.6) is 5.75 Å². The summed E-state index contributed by atoms with van der Waals surface area (Å²) in [5.74, 6) is 1.35. The fourth-order valence-corrected chi connectivity index (χ4v) is 3.43. The Morgan fingerprint density at radius 1 is 0.741 bits per heavy atom. The Labute approximate surface area is 163 Å². The van der Waals surface area contributed by atoms with Crippen molar-refractivity contribution in [3.8, 4) is 5.75 Å². The van der Waals surface area contributed by atoms with Gasteiger partial charge in [0.05, 0.1) is 12.6 Å². The van der Waals surface area contributed by atoms with Crippen molar-refractivity contribution in [3.05, 3.63) is 102 Å². The molecule has 0 aliphatic heterocycles. The molecule has 0 aromatic heterocycles. The van der Waals surface area contributed by atoms with Crippen molar-refractivity contribution in [1.82, 2.24) is 0 Å². The standard InChI is InChI=1S/C25H29NO/c1-20(2)27-24-15-13-23(14-16-24)25(22-11-7-4-8-12-22)17-18-26-19-21-9-5-3-6-10-21/h3-16,20,25-26H,17-19H2,1-2H3/p+1/t25-/m1/s1. The van der Waals surface area contributed by atoms with Gasteiger partial charge in [-0.2, -0.15) is 0 Å². The van der Waals surface area contributed by atoms with Gasteiger partial charge in [-0.15, -0.1) is 0 Å². The van der Waals surface area contributed by atoms with Gasteiger partial charge in [-0.1, -0.05) is 72.8 Å². The van der Waals surface area contributed by atoms with Crippen molar-refractivity contribution in [1.29, 1.82) is 0 Å². The summed E-state index contributed by atoms with van der Waals surface area (Å²) >= 11 is 0. The predicted octanol–water partition coefficient (Wildman–Crippen LogP) is 4.76. The molecule has 0 heterocycles.